The van der Waals surface area contributed by atoms with Gasteiger partial charge in [-0.25, -0.2) is 4.21 Å². The standard InChI is InChI=1S/C23H20N2O2S/c1-17-6-4-8-19(12-17)10-11-20-14-21(16-24-15-20)23(26)25-28(3,27)22-9-5-7-18(2)13-22/h4-9,12-16H,1-3H3. The molecule has 140 valence electrons. The number of carbonyl (C=O) groups is 1. The van der Waals surface area contributed by atoms with Gasteiger partial charge in [-0.1, -0.05) is 36.1 Å². The van der Waals surface area contributed by atoms with Gasteiger partial charge in [0.25, 0.3) is 5.91 Å². The normalized spacial score (nSPS) is 12.4. The number of pyridine rings is 1. The van der Waals surface area contributed by atoms with Gasteiger partial charge in [-0.15, -0.1) is 0 Å². The van der Waals surface area contributed by atoms with Crippen LogP contribution in [0.4, 0.5) is 0 Å². The zero-order chi connectivity index (χ0) is 20.1. The highest BCUT2D eigenvalue weighted by molar-refractivity contribution is 7.93. The number of amides is 1. The van der Waals surface area contributed by atoms with Crippen molar-refractivity contribution in [1.29, 1.82) is 0 Å². The third kappa shape index (κ3) is 4.93. The molecule has 0 bridgehead atoms. The maximum absolute atomic E-state index is 12.9. The molecule has 1 heterocycles. The fraction of sp³-hybridized carbons (Fsp3) is 0.130. The molecule has 0 saturated carbocycles. The first kappa shape index (κ1) is 19.5. The minimum absolute atomic E-state index is 0.262. The van der Waals surface area contributed by atoms with Crippen molar-refractivity contribution in [3.8, 4) is 11.8 Å². The molecule has 1 atom stereocenters. The summed E-state index contributed by atoms with van der Waals surface area (Å²) >= 11 is 0. The molecule has 1 unspecified atom stereocenters. The Hall–Kier alpha value is -3.23. The van der Waals surface area contributed by atoms with Crippen LogP contribution in [0.1, 0.15) is 32.6 Å². The summed E-state index contributed by atoms with van der Waals surface area (Å²) in [4.78, 5) is 17.2. The van der Waals surface area contributed by atoms with Crippen molar-refractivity contribution in [3.05, 3.63) is 94.8 Å². The number of benzene rings is 2. The highest BCUT2D eigenvalue weighted by Gasteiger charge is 2.12. The molecule has 3 aromatic rings. The highest BCUT2D eigenvalue weighted by Crippen LogP contribution is 2.15. The van der Waals surface area contributed by atoms with Crippen LogP contribution in [0.15, 0.2) is 76.2 Å². The number of hydrogen-bond acceptors (Lipinski definition) is 3. The Morgan fingerprint density at radius 3 is 2.32 bits per heavy atom. The van der Waals surface area contributed by atoms with E-state index in [9.17, 15) is 9.00 Å². The van der Waals surface area contributed by atoms with E-state index in [1.165, 1.54) is 12.5 Å². The number of hydrogen-bond donors (Lipinski definition) is 0. The Morgan fingerprint density at radius 2 is 1.61 bits per heavy atom. The molecule has 2 aromatic carbocycles. The first-order valence-electron chi connectivity index (χ1n) is 8.70. The van der Waals surface area contributed by atoms with E-state index in [-0.39, 0.29) is 5.56 Å². The van der Waals surface area contributed by atoms with Crippen LogP contribution in [0, 0.1) is 25.7 Å². The third-order valence-electron chi connectivity index (χ3n) is 4.04. The van der Waals surface area contributed by atoms with E-state index in [0.717, 1.165) is 16.7 Å². The minimum atomic E-state index is -2.84. The maximum atomic E-state index is 12.9. The summed E-state index contributed by atoms with van der Waals surface area (Å²) in [5.41, 5.74) is 3.84. The van der Waals surface area contributed by atoms with Gasteiger partial charge in [-0.3, -0.25) is 9.78 Å². The number of aromatic nitrogens is 1. The van der Waals surface area contributed by atoms with Crippen LogP contribution in [0.5, 0.6) is 0 Å². The first-order chi connectivity index (χ1) is 13.3. The molecule has 0 radical (unpaired) electrons. The zero-order valence-corrected chi connectivity index (χ0v) is 16.8. The average molecular weight is 388 g/mol. The largest absolute Gasteiger partial charge is 0.286 e. The summed E-state index contributed by atoms with van der Waals surface area (Å²) in [5.74, 6) is 5.50. The number of aryl methyl sites for hydroxylation is 2. The Kier molecular flexibility index (Phi) is 5.72. The Labute approximate surface area is 165 Å². The SMILES string of the molecule is Cc1cccc(C#Cc2cncc(C(=O)N=S(C)(=O)c3cccc(C)c3)c2)c1. The molecule has 1 aromatic heterocycles. The topological polar surface area (TPSA) is 59.4 Å². The molecule has 0 aliphatic heterocycles. The molecular formula is C23H20N2O2S. The molecule has 4 nitrogen and oxygen atoms in total. The molecule has 0 saturated heterocycles. The molecule has 1 amide bonds. The number of carbonyl (C=O) groups excluding carboxylic acids is 1. The van der Waals surface area contributed by atoms with Crippen molar-refractivity contribution in [1.82, 2.24) is 4.98 Å². The van der Waals surface area contributed by atoms with Gasteiger partial charge in [0, 0.05) is 34.7 Å². The lowest BCUT2D eigenvalue weighted by atomic mass is 10.1. The van der Waals surface area contributed by atoms with E-state index in [1.807, 2.05) is 44.2 Å². The average Bonchev–Trinajstić information content (AvgIpc) is 2.66. The van der Waals surface area contributed by atoms with Crippen molar-refractivity contribution < 1.29 is 9.00 Å². The van der Waals surface area contributed by atoms with E-state index in [2.05, 4.69) is 21.2 Å². The van der Waals surface area contributed by atoms with Gasteiger partial charge >= 0.3 is 0 Å². The van der Waals surface area contributed by atoms with Crippen molar-refractivity contribution in [2.75, 3.05) is 6.26 Å². The van der Waals surface area contributed by atoms with E-state index in [4.69, 9.17) is 0 Å². The molecule has 0 fully saturated rings. The summed E-state index contributed by atoms with van der Waals surface area (Å²) in [6, 6.07) is 16.7. The van der Waals surface area contributed by atoms with Crippen LogP contribution in [0.2, 0.25) is 0 Å². The van der Waals surface area contributed by atoms with E-state index in [0.29, 0.717) is 10.5 Å². The summed E-state index contributed by atoms with van der Waals surface area (Å²) in [6.07, 6.45) is 4.47. The van der Waals surface area contributed by atoms with Gasteiger partial charge in [-0.05, 0) is 55.3 Å². The van der Waals surface area contributed by atoms with Crippen LogP contribution in [-0.2, 0) is 9.73 Å². The van der Waals surface area contributed by atoms with Crippen LogP contribution in [0.3, 0.4) is 0 Å². The summed E-state index contributed by atoms with van der Waals surface area (Å²) in [5, 5.41) is 0. The molecule has 0 N–H and O–H groups in total. The van der Waals surface area contributed by atoms with Gasteiger partial charge in [0.15, 0.2) is 0 Å². The Bertz CT molecular complexity index is 1230. The molecule has 3 rings (SSSR count). The molecule has 28 heavy (non-hydrogen) atoms. The second-order valence-electron chi connectivity index (χ2n) is 6.60. The molecule has 0 aliphatic carbocycles. The van der Waals surface area contributed by atoms with Crippen molar-refractivity contribution in [2.24, 2.45) is 4.36 Å². The monoisotopic (exact) mass is 388 g/mol. The quantitative estimate of drug-likeness (QED) is 0.612. The lowest BCUT2D eigenvalue weighted by Gasteiger charge is -2.05. The van der Waals surface area contributed by atoms with Crippen LogP contribution in [0.25, 0.3) is 0 Å². The lowest BCUT2D eigenvalue weighted by Crippen LogP contribution is -2.04. The summed E-state index contributed by atoms with van der Waals surface area (Å²) in [7, 11) is -2.84. The number of rotatable bonds is 2. The maximum Gasteiger partial charge on any atom is 0.286 e. The fourth-order valence-corrected chi connectivity index (χ4v) is 3.87. The van der Waals surface area contributed by atoms with Crippen LogP contribution >= 0.6 is 0 Å². The van der Waals surface area contributed by atoms with Crippen molar-refractivity contribution in [3.63, 3.8) is 0 Å². The van der Waals surface area contributed by atoms with Gasteiger partial charge in [-0.2, -0.15) is 4.36 Å². The van der Waals surface area contributed by atoms with Crippen LogP contribution < -0.4 is 0 Å². The van der Waals surface area contributed by atoms with E-state index < -0.39 is 15.6 Å². The van der Waals surface area contributed by atoms with Gasteiger partial charge in [0.2, 0.25) is 0 Å². The van der Waals surface area contributed by atoms with Gasteiger partial charge in [0.1, 0.15) is 0 Å². The smallest absolute Gasteiger partial charge is 0.266 e. The molecule has 0 spiro atoms. The molecule has 0 aliphatic rings. The lowest BCUT2D eigenvalue weighted by molar-refractivity contribution is 0.100. The molecule has 5 heteroatoms. The Morgan fingerprint density at radius 1 is 0.929 bits per heavy atom. The van der Waals surface area contributed by atoms with Gasteiger partial charge < -0.3 is 0 Å². The predicted octanol–water partition coefficient (Wildman–Crippen LogP) is 4.40. The van der Waals surface area contributed by atoms with E-state index in [1.54, 1.807) is 30.5 Å². The predicted molar refractivity (Wildman–Crippen MR) is 112 cm³/mol. The van der Waals surface area contributed by atoms with E-state index >= 15 is 0 Å². The Balaban J connectivity index is 1.90. The fourth-order valence-electron chi connectivity index (χ4n) is 2.61. The molecular weight excluding hydrogens is 368 g/mol. The minimum Gasteiger partial charge on any atom is -0.266 e. The number of nitrogens with zero attached hydrogens (tertiary/aromatic N) is 2. The highest BCUT2D eigenvalue weighted by atomic mass is 32.2. The third-order valence-corrected chi connectivity index (χ3v) is 5.68. The van der Waals surface area contributed by atoms with Crippen LogP contribution in [-0.4, -0.2) is 21.4 Å². The summed E-state index contributed by atoms with van der Waals surface area (Å²) < 4.78 is 16.9. The van der Waals surface area contributed by atoms with Gasteiger partial charge in [0.05, 0.1) is 15.3 Å². The van der Waals surface area contributed by atoms with Crippen molar-refractivity contribution in [2.45, 2.75) is 18.7 Å². The summed E-state index contributed by atoms with van der Waals surface area (Å²) in [6.45, 7) is 3.91. The van der Waals surface area contributed by atoms with Crippen molar-refractivity contribution >= 4 is 15.6 Å². The first-order valence-corrected chi connectivity index (χ1v) is 10.6. The zero-order valence-electron chi connectivity index (χ0n) is 16.0. The second kappa shape index (κ2) is 8.20. The second-order valence-corrected chi connectivity index (χ2v) is 8.86.